The first-order valence-corrected chi connectivity index (χ1v) is 8.66. The van der Waals surface area contributed by atoms with Crippen LogP contribution in [0.3, 0.4) is 0 Å². The Morgan fingerprint density at radius 1 is 1.44 bits per heavy atom. The molecule has 0 unspecified atom stereocenters. The molecular formula is C18H29IN4O2. The molecule has 0 radical (unpaired) electrons. The zero-order valence-corrected chi connectivity index (χ0v) is 17.7. The van der Waals surface area contributed by atoms with E-state index in [0.29, 0.717) is 0 Å². The average molecular weight is 460 g/mol. The molecule has 1 aliphatic heterocycles. The van der Waals surface area contributed by atoms with Gasteiger partial charge in [0.25, 0.3) is 0 Å². The average Bonchev–Trinajstić information content (AvgIpc) is 2.62. The lowest BCUT2D eigenvalue weighted by atomic mass is 9.97. The van der Waals surface area contributed by atoms with Gasteiger partial charge in [0.15, 0.2) is 5.96 Å². The number of pyridine rings is 1. The number of aryl methyl sites for hydroxylation is 1. The van der Waals surface area contributed by atoms with Crippen LogP contribution in [0.25, 0.3) is 0 Å². The molecule has 140 valence electrons. The van der Waals surface area contributed by atoms with E-state index in [0.717, 1.165) is 51.4 Å². The van der Waals surface area contributed by atoms with Crippen molar-refractivity contribution >= 4 is 35.9 Å². The number of carbonyl (C=O) groups excluding carboxylic acids is 1. The molecule has 0 aromatic carbocycles. The number of hydrogen-bond acceptors (Lipinski definition) is 4. The third-order valence-electron chi connectivity index (χ3n) is 4.44. The number of likely N-dealkylation sites (tertiary alicyclic amines) is 1. The van der Waals surface area contributed by atoms with Crippen molar-refractivity contribution in [3.8, 4) is 0 Å². The van der Waals surface area contributed by atoms with Gasteiger partial charge in [-0.25, -0.2) is 0 Å². The van der Waals surface area contributed by atoms with Gasteiger partial charge in [-0.05, 0) is 50.3 Å². The molecule has 0 spiro atoms. The number of aromatic nitrogens is 1. The smallest absolute Gasteiger partial charge is 0.308 e. The number of halogens is 1. The molecule has 2 rings (SSSR count). The fraction of sp³-hybridized carbons (Fsp3) is 0.611. The van der Waals surface area contributed by atoms with E-state index < -0.39 is 0 Å². The lowest BCUT2D eigenvalue weighted by Gasteiger charge is -2.33. The molecule has 25 heavy (non-hydrogen) atoms. The van der Waals surface area contributed by atoms with Crippen molar-refractivity contribution in [1.82, 2.24) is 15.2 Å². The molecule has 2 heterocycles. The summed E-state index contributed by atoms with van der Waals surface area (Å²) >= 11 is 0. The van der Waals surface area contributed by atoms with Crippen molar-refractivity contribution in [3.05, 3.63) is 29.6 Å². The molecule has 0 bridgehead atoms. The van der Waals surface area contributed by atoms with Crippen LogP contribution in [-0.2, 0) is 16.0 Å². The minimum atomic E-state index is -0.0928. The van der Waals surface area contributed by atoms with Crippen molar-refractivity contribution in [2.75, 3.05) is 33.3 Å². The number of hydrogen-bond donors (Lipinski definition) is 1. The number of piperidine rings is 1. The second-order valence-corrected chi connectivity index (χ2v) is 6.07. The first-order valence-electron chi connectivity index (χ1n) is 8.66. The fourth-order valence-electron chi connectivity index (χ4n) is 2.98. The van der Waals surface area contributed by atoms with E-state index in [1.54, 1.807) is 0 Å². The summed E-state index contributed by atoms with van der Waals surface area (Å²) in [5.74, 6) is 0.867. The lowest BCUT2D eigenvalue weighted by molar-refractivity contribution is -0.146. The number of ether oxygens (including phenoxy) is 1. The topological polar surface area (TPSA) is 66.8 Å². The van der Waals surface area contributed by atoms with Crippen molar-refractivity contribution in [1.29, 1.82) is 0 Å². The van der Waals surface area contributed by atoms with Crippen LogP contribution in [-0.4, -0.2) is 55.1 Å². The van der Waals surface area contributed by atoms with Crippen LogP contribution in [0.2, 0.25) is 0 Å². The van der Waals surface area contributed by atoms with Crippen molar-refractivity contribution in [2.45, 2.75) is 33.1 Å². The van der Waals surface area contributed by atoms with Gasteiger partial charge >= 0.3 is 5.97 Å². The number of rotatable bonds is 5. The molecule has 6 nitrogen and oxygen atoms in total. The van der Waals surface area contributed by atoms with Gasteiger partial charge in [0.2, 0.25) is 0 Å². The van der Waals surface area contributed by atoms with Crippen LogP contribution >= 0.6 is 24.0 Å². The van der Waals surface area contributed by atoms with Gasteiger partial charge in [-0.1, -0.05) is 0 Å². The first kappa shape index (κ1) is 21.7. The number of methoxy groups -OCH3 is 1. The molecule has 1 saturated heterocycles. The summed E-state index contributed by atoms with van der Waals surface area (Å²) in [6.07, 6.45) is 6.26. The predicted molar refractivity (Wildman–Crippen MR) is 110 cm³/mol. The Labute approximate surface area is 167 Å². The lowest BCUT2D eigenvalue weighted by Crippen LogP contribution is -2.46. The molecule has 1 aromatic heterocycles. The van der Waals surface area contributed by atoms with Crippen LogP contribution in [0, 0.1) is 12.8 Å². The Morgan fingerprint density at radius 3 is 2.76 bits per heavy atom. The second-order valence-electron chi connectivity index (χ2n) is 6.07. The van der Waals surface area contributed by atoms with Gasteiger partial charge in [0.1, 0.15) is 0 Å². The zero-order valence-electron chi connectivity index (χ0n) is 15.3. The summed E-state index contributed by atoms with van der Waals surface area (Å²) in [6.45, 7) is 7.40. The Bertz CT molecular complexity index is 572. The molecule has 0 atom stereocenters. The molecule has 0 saturated carbocycles. The summed E-state index contributed by atoms with van der Waals surface area (Å²) < 4.78 is 4.85. The van der Waals surface area contributed by atoms with Crippen LogP contribution in [0.15, 0.2) is 23.5 Å². The fourth-order valence-corrected chi connectivity index (χ4v) is 2.98. The summed E-state index contributed by atoms with van der Waals surface area (Å²) in [6, 6.07) is 2.06. The molecule has 1 aromatic rings. The van der Waals surface area contributed by atoms with E-state index in [1.807, 2.05) is 12.4 Å². The summed E-state index contributed by atoms with van der Waals surface area (Å²) in [5.41, 5.74) is 2.49. The molecule has 7 heteroatoms. The highest BCUT2D eigenvalue weighted by Gasteiger charge is 2.26. The molecule has 1 fully saturated rings. The van der Waals surface area contributed by atoms with Crippen molar-refractivity contribution in [2.24, 2.45) is 10.9 Å². The Balaban J connectivity index is 0.00000312. The standard InChI is InChI=1S/C18H28N4O2.HI/c1-4-20-18(21-10-6-15-5-9-19-13-14(15)2)22-11-7-16(8-12-22)17(23)24-3;/h5,9,13,16H,4,6-8,10-12H2,1-3H3,(H,20,21);1H. The molecule has 0 aliphatic carbocycles. The van der Waals surface area contributed by atoms with E-state index in [4.69, 9.17) is 9.73 Å². The molecule has 0 amide bonds. The number of aliphatic imine (C=N–C) groups is 1. The SMILES string of the molecule is CCNC(=NCCc1ccncc1C)N1CCC(C(=O)OC)CC1.I. The molecular weight excluding hydrogens is 431 g/mol. The van der Waals surface area contributed by atoms with E-state index in [2.05, 4.69) is 35.1 Å². The van der Waals surface area contributed by atoms with Gasteiger partial charge in [0, 0.05) is 38.6 Å². The van der Waals surface area contributed by atoms with Crippen molar-refractivity contribution < 1.29 is 9.53 Å². The first-order chi connectivity index (χ1) is 11.7. The van der Waals surface area contributed by atoms with Gasteiger partial charge in [0.05, 0.1) is 13.0 Å². The zero-order chi connectivity index (χ0) is 17.4. The number of nitrogens with zero attached hydrogens (tertiary/aromatic N) is 3. The second kappa shape index (κ2) is 11.3. The molecule has 1 aliphatic rings. The maximum absolute atomic E-state index is 11.6. The van der Waals surface area contributed by atoms with E-state index in [1.165, 1.54) is 18.2 Å². The highest BCUT2D eigenvalue weighted by atomic mass is 127. The number of guanidine groups is 1. The quantitative estimate of drug-likeness (QED) is 0.317. The Hall–Kier alpha value is -1.38. The van der Waals surface area contributed by atoms with Crippen LogP contribution in [0.5, 0.6) is 0 Å². The van der Waals surface area contributed by atoms with Crippen LogP contribution in [0.1, 0.15) is 30.9 Å². The maximum Gasteiger partial charge on any atom is 0.308 e. The third-order valence-corrected chi connectivity index (χ3v) is 4.44. The summed E-state index contributed by atoms with van der Waals surface area (Å²) in [4.78, 5) is 22.8. The summed E-state index contributed by atoms with van der Waals surface area (Å²) in [5, 5.41) is 3.36. The van der Waals surface area contributed by atoms with Crippen LogP contribution in [0.4, 0.5) is 0 Å². The number of esters is 1. The highest BCUT2D eigenvalue weighted by Crippen LogP contribution is 2.18. The van der Waals surface area contributed by atoms with Crippen molar-refractivity contribution in [3.63, 3.8) is 0 Å². The van der Waals surface area contributed by atoms with Gasteiger partial charge in [-0.15, -0.1) is 24.0 Å². The van der Waals surface area contributed by atoms with Gasteiger partial charge in [-0.2, -0.15) is 0 Å². The van der Waals surface area contributed by atoms with E-state index in [-0.39, 0.29) is 35.9 Å². The normalized spacial score (nSPS) is 15.5. The Kier molecular flexibility index (Phi) is 9.77. The van der Waals surface area contributed by atoms with Gasteiger partial charge < -0.3 is 15.0 Å². The molecule has 1 N–H and O–H groups in total. The van der Waals surface area contributed by atoms with E-state index in [9.17, 15) is 4.79 Å². The number of nitrogens with one attached hydrogen (secondary N) is 1. The minimum Gasteiger partial charge on any atom is -0.469 e. The van der Waals surface area contributed by atoms with Crippen LogP contribution < -0.4 is 5.32 Å². The largest absolute Gasteiger partial charge is 0.469 e. The Morgan fingerprint density at radius 2 is 2.16 bits per heavy atom. The monoisotopic (exact) mass is 460 g/mol. The highest BCUT2D eigenvalue weighted by molar-refractivity contribution is 14.0. The minimum absolute atomic E-state index is 0. The van der Waals surface area contributed by atoms with E-state index >= 15 is 0 Å². The number of carbonyl (C=O) groups is 1. The predicted octanol–water partition coefficient (Wildman–Crippen LogP) is 2.40. The maximum atomic E-state index is 11.6. The summed E-state index contributed by atoms with van der Waals surface area (Å²) in [7, 11) is 1.46. The third kappa shape index (κ3) is 6.45. The van der Waals surface area contributed by atoms with Gasteiger partial charge in [-0.3, -0.25) is 14.8 Å².